The fraction of sp³-hybridized carbons (Fsp3) is 0.538. The Bertz CT molecular complexity index is 391. The minimum Gasteiger partial charge on any atom is -0.492 e. The van der Waals surface area contributed by atoms with E-state index in [2.05, 4.69) is 28.4 Å². The second kappa shape index (κ2) is 5.29. The number of hydrogen-bond donors (Lipinski definition) is 1. The molecule has 0 amide bonds. The van der Waals surface area contributed by atoms with E-state index in [9.17, 15) is 0 Å². The molecule has 1 N–H and O–H groups in total. The van der Waals surface area contributed by atoms with Gasteiger partial charge >= 0.3 is 0 Å². The number of fused-ring (bicyclic) bond motifs is 1. The number of hydrogen-bond acceptors (Lipinski definition) is 4. The number of piperazine rings is 1. The van der Waals surface area contributed by atoms with Crippen LogP contribution < -0.4 is 10.1 Å². The van der Waals surface area contributed by atoms with E-state index in [-0.39, 0.29) is 0 Å². The third kappa shape index (κ3) is 2.76. The molecule has 3 rings (SSSR count). The molecule has 17 heavy (non-hydrogen) atoms. The summed E-state index contributed by atoms with van der Waals surface area (Å²) < 4.78 is 5.62. The molecule has 1 aromatic rings. The van der Waals surface area contributed by atoms with Crippen LogP contribution in [-0.4, -0.2) is 43.4 Å². The summed E-state index contributed by atoms with van der Waals surface area (Å²) in [6.07, 6.45) is 0. The van der Waals surface area contributed by atoms with Gasteiger partial charge in [0.2, 0.25) is 0 Å². The van der Waals surface area contributed by atoms with Crippen LogP contribution in [0.1, 0.15) is 5.56 Å². The molecule has 0 spiro atoms. The first-order valence-corrected chi connectivity index (χ1v) is 7.22. The zero-order valence-corrected chi connectivity index (χ0v) is 10.8. The monoisotopic (exact) mass is 250 g/mol. The predicted octanol–water partition coefficient (Wildman–Crippen LogP) is 1.58. The topological polar surface area (TPSA) is 24.5 Å². The molecule has 0 saturated carbocycles. The van der Waals surface area contributed by atoms with Crippen molar-refractivity contribution < 1.29 is 4.74 Å². The smallest absolute Gasteiger partial charge is 0.132 e. The van der Waals surface area contributed by atoms with Crippen LogP contribution in [0.2, 0.25) is 0 Å². The Kier molecular flexibility index (Phi) is 3.54. The van der Waals surface area contributed by atoms with Gasteiger partial charge in [0.05, 0.1) is 6.61 Å². The second-order valence-electron chi connectivity index (χ2n) is 4.50. The normalized spacial score (nSPS) is 20.7. The number of benzene rings is 1. The Hall–Kier alpha value is -0.710. The van der Waals surface area contributed by atoms with Crippen LogP contribution >= 0.6 is 11.8 Å². The van der Waals surface area contributed by atoms with E-state index in [1.54, 1.807) is 0 Å². The Balaban J connectivity index is 1.70. The first-order valence-electron chi connectivity index (χ1n) is 6.23. The maximum atomic E-state index is 5.62. The predicted molar refractivity (Wildman–Crippen MR) is 70.8 cm³/mol. The van der Waals surface area contributed by atoms with Gasteiger partial charge in [-0.15, -0.1) is 11.8 Å². The summed E-state index contributed by atoms with van der Waals surface area (Å²) in [6, 6.07) is 6.62. The van der Waals surface area contributed by atoms with Crippen molar-refractivity contribution in [3.8, 4) is 5.75 Å². The molecule has 2 aliphatic rings. The zero-order valence-electron chi connectivity index (χ0n) is 9.95. The van der Waals surface area contributed by atoms with Crippen LogP contribution in [-0.2, 0) is 6.54 Å². The lowest BCUT2D eigenvalue weighted by molar-refractivity contribution is 0.233. The van der Waals surface area contributed by atoms with E-state index >= 15 is 0 Å². The maximum absolute atomic E-state index is 5.62. The Morgan fingerprint density at radius 2 is 2.18 bits per heavy atom. The molecule has 1 fully saturated rings. The van der Waals surface area contributed by atoms with Crippen LogP contribution in [0.15, 0.2) is 23.1 Å². The van der Waals surface area contributed by atoms with Gasteiger partial charge in [-0.25, -0.2) is 0 Å². The van der Waals surface area contributed by atoms with Crippen molar-refractivity contribution in [2.75, 3.05) is 38.5 Å². The van der Waals surface area contributed by atoms with Crippen LogP contribution in [0.3, 0.4) is 0 Å². The lowest BCUT2D eigenvalue weighted by Crippen LogP contribution is -2.42. The van der Waals surface area contributed by atoms with Crippen LogP contribution in [0.5, 0.6) is 5.75 Å². The molecule has 92 valence electrons. The molecule has 0 atom stereocenters. The minimum atomic E-state index is 0.842. The van der Waals surface area contributed by atoms with Crippen molar-refractivity contribution in [2.24, 2.45) is 0 Å². The van der Waals surface area contributed by atoms with Crippen molar-refractivity contribution in [1.29, 1.82) is 0 Å². The Morgan fingerprint density at radius 3 is 3.06 bits per heavy atom. The summed E-state index contributed by atoms with van der Waals surface area (Å²) in [7, 11) is 0. The molecule has 0 bridgehead atoms. The van der Waals surface area contributed by atoms with Gasteiger partial charge < -0.3 is 10.1 Å². The first-order chi connectivity index (χ1) is 8.42. The molecule has 2 heterocycles. The molecule has 3 nitrogen and oxygen atoms in total. The highest BCUT2D eigenvalue weighted by molar-refractivity contribution is 7.99. The zero-order chi connectivity index (χ0) is 11.5. The average molecular weight is 250 g/mol. The highest BCUT2D eigenvalue weighted by Crippen LogP contribution is 2.33. The molecule has 2 aliphatic heterocycles. The van der Waals surface area contributed by atoms with Crippen molar-refractivity contribution in [3.05, 3.63) is 23.8 Å². The Morgan fingerprint density at radius 1 is 1.29 bits per heavy atom. The number of nitrogens with zero attached hydrogens (tertiary/aromatic N) is 1. The van der Waals surface area contributed by atoms with Gasteiger partial charge in [-0.1, -0.05) is 6.07 Å². The van der Waals surface area contributed by atoms with Crippen molar-refractivity contribution >= 4 is 11.8 Å². The molecule has 1 aromatic carbocycles. The number of rotatable bonds is 2. The van der Waals surface area contributed by atoms with Gasteiger partial charge in [0, 0.05) is 43.4 Å². The van der Waals surface area contributed by atoms with E-state index in [4.69, 9.17) is 4.74 Å². The standard InChI is InChI=1S/C13H18N2OS/c1-2-12-13(17-8-7-16-12)9-11(1)10-15-5-3-14-4-6-15/h1-2,9,14H,3-8,10H2. The van der Waals surface area contributed by atoms with Crippen LogP contribution in [0, 0.1) is 0 Å². The number of nitrogens with one attached hydrogen (secondary N) is 1. The number of thioether (sulfide) groups is 1. The molecule has 1 saturated heterocycles. The Labute approximate surface area is 107 Å². The maximum Gasteiger partial charge on any atom is 0.132 e. The van der Waals surface area contributed by atoms with E-state index in [0.717, 1.165) is 50.8 Å². The molecule has 0 unspecified atom stereocenters. The van der Waals surface area contributed by atoms with E-state index in [1.165, 1.54) is 10.5 Å². The minimum absolute atomic E-state index is 0.842. The highest BCUT2D eigenvalue weighted by Gasteiger charge is 2.14. The van der Waals surface area contributed by atoms with Crippen molar-refractivity contribution in [1.82, 2.24) is 10.2 Å². The summed E-state index contributed by atoms with van der Waals surface area (Å²) in [5.41, 5.74) is 1.41. The van der Waals surface area contributed by atoms with Gasteiger partial charge in [-0.2, -0.15) is 0 Å². The third-order valence-electron chi connectivity index (χ3n) is 3.22. The van der Waals surface area contributed by atoms with E-state index in [1.807, 2.05) is 11.8 Å². The van der Waals surface area contributed by atoms with E-state index in [0.29, 0.717) is 0 Å². The molecule has 4 heteroatoms. The van der Waals surface area contributed by atoms with Gasteiger partial charge in [0.1, 0.15) is 5.75 Å². The second-order valence-corrected chi connectivity index (χ2v) is 5.64. The third-order valence-corrected chi connectivity index (χ3v) is 4.22. The SMILES string of the molecule is c1cc2c(cc1CN1CCNCC1)SCCO2. The fourth-order valence-corrected chi connectivity index (χ4v) is 3.20. The lowest BCUT2D eigenvalue weighted by Gasteiger charge is -2.27. The molecule has 0 aliphatic carbocycles. The van der Waals surface area contributed by atoms with E-state index < -0.39 is 0 Å². The summed E-state index contributed by atoms with van der Waals surface area (Å²) in [4.78, 5) is 3.82. The first kappa shape index (κ1) is 11.4. The van der Waals surface area contributed by atoms with Crippen LogP contribution in [0.4, 0.5) is 0 Å². The summed E-state index contributed by atoms with van der Waals surface area (Å²) in [5.74, 6) is 2.13. The molecular formula is C13H18N2OS. The van der Waals surface area contributed by atoms with Gasteiger partial charge in [0.15, 0.2) is 0 Å². The molecule has 0 radical (unpaired) electrons. The highest BCUT2D eigenvalue weighted by atomic mass is 32.2. The lowest BCUT2D eigenvalue weighted by atomic mass is 10.2. The van der Waals surface area contributed by atoms with Crippen molar-refractivity contribution in [3.63, 3.8) is 0 Å². The molecule has 0 aromatic heterocycles. The quantitative estimate of drug-likeness (QED) is 0.861. The number of ether oxygens (including phenoxy) is 1. The average Bonchev–Trinajstić information content (AvgIpc) is 2.40. The summed E-state index contributed by atoms with van der Waals surface area (Å²) in [5, 5.41) is 3.38. The van der Waals surface area contributed by atoms with Crippen molar-refractivity contribution in [2.45, 2.75) is 11.4 Å². The fourth-order valence-electron chi connectivity index (χ4n) is 2.31. The van der Waals surface area contributed by atoms with Crippen LogP contribution in [0.25, 0.3) is 0 Å². The largest absolute Gasteiger partial charge is 0.492 e. The summed E-state index contributed by atoms with van der Waals surface area (Å²) >= 11 is 1.91. The summed E-state index contributed by atoms with van der Waals surface area (Å²) in [6.45, 7) is 6.44. The van der Waals surface area contributed by atoms with Gasteiger partial charge in [-0.05, 0) is 17.7 Å². The van der Waals surface area contributed by atoms with Gasteiger partial charge in [0.25, 0.3) is 0 Å². The molecular weight excluding hydrogens is 232 g/mol. The van der Waals surface area contributed by atoms with Gasteiger partial charge in [-0.3, -0.25) is 4.90 Å².